The number of carbonyl (C=O) groups excluding carboxylic acids is 1. The number of Topliss-reactive ketones (excluding diaryl/α,β-unsaturated/α-hetero) is 1. The summed E-state index contributed by atoms with van der Waals surface area (Å²) in [6, 6.07) is 14.5. The number of carbonyl (C=O) groups is 1. The summed E-state index contributed by atoms with van der Waals surface area (Å²) in [5, 5.41) is 9.72. The molecule has 0 N–H and O–H groups in total. The van der Waals surface area contributed by atoms with Gasteiger partial charge in [0, 0.05) is 10.0 Å². The number of hydrogen-bond acceptors (Lipinski definition) is 2. The van der Waals surface area contributed by atoms with Crippen LogP contribution >= 0.6 is 27.5 Å². The summed E-state index contributed by atoms with van der Waals surface area (Å²) < 4.78 is 0.756. The second-order valence-electron chi connectivity index (χ2n) is 4.41. The molecule has 2 rings (SSSR count). The van der Waals surface area contributed by atoms with Crippen molar-refractivity contribution in [1.29, 1.82) is 5.26 Å². The van der Waals surface area contributed by atoms with Gasteiger partial charge in [-0.15, -0.1) is 0 Å². The van der Waals surface area contributed by atoms with Gasteiger partial charge in [0.05, 0.1) is 11.1 Å². The van der Waals surface area contributed by atoms with Crippen LogP contribution in [0, 0.1) is 18.3 Å². The predicted molar refractivity (Wildman–Crippen MR) is 83.0 cm³/mol. The number of aryl methyl sites for hydroxylation is 1. The molecule has 0 aromatic heterocycles. The molecule has 0 aliphatic carbocycles. The fourth-order valence-corrected chi connectivity index (χ4v) is 2.59. The third-order valence-corrected chi connectivity index (χ3v) is 3.91. The fourth-order valence-electron chi connectivity index (χ4n) is 2.02. The normalized spacial score (nSPS) is 11.7. The van der Waals surface area contributed by atoms with Crippen LogP contribution in [0.3, 0.4) is 0 Å². The Morgan fingerprint density at radius 2 is 2.00 bits per heavy atom. The average molecular weight is 349 g/mol. The van der Waals surface area contributed by atoms with Crippen molar-refractivity contribution in [2.24, 2.45) is 0 Å². The van der Waals surface area contributed by atoms with Crippen LogP contribution in [-0.2, 0) is 0 Å². The monoisotopic (exact) mass is 347 g/mol. The second kappa shape index (κ2) is 6.21. The van der Waals surface area contributed by atoms with E-state index < -0.39 is 5.92 Å². The number of ketones is 1. The first-order valence-electron chi connectivity index (χ1n) is 5.99. The van der Waals surface area contributed by atoms with E-state index >= 15 is 0 Å². The SMILES string of the molecule is Cc1ccccc1C(C#N)C(=O)c1cc(Br)ccc1Cl. The maximum absolute atomic E-state index is 12.6. The van der Waals surface area contributed by atoms with Crippen molar-refractivity contribution >= 4 is 33.3 Å². The molecule has 0 fully saturated rings. The Morgan fingerprint density at radius 3 is 2.65 bits per heavy atom. The Kier molecular flexibility index (Phi) is 4.59. The van der Waals surface area contributed by atoms with Crippen molar-refractivity contribution in [3.05, 3.63) is 68.7 Å². The molecule has 2 nitrogen and oxygen atoms in total. The lowest BCUT2D eigenvalue weighted by atomic mass is 9.89. The molecule has 0 amide bonds. The van der Waals surface area contributed by atoms with Crippen LogP contribution in [0.15, 0.2) is 46.9 Å². The zero-order valence-corrected chi connectivity index (χ0v) is 13.1. The van der Waals surface area contributed by atoms with Gasteiger partial charge in [0.2, 0.25) is 0 Å². The lowest BCUT2D eigenvalue weighted by Crippen LogP contribution is -2.13. The Bertz CT molecular complexity index is 706. The molecule has 2 aromatic rings. The molecule has 1 atom stereocenters. The van der Waals surface area contributed by atoms with E-state index in [0.717, 1.165) is 15.6 Å². The van der Waals surface area contributed by atoms with Crippen molar-refractivity contribution in [1.82, 2.24) is 0 Å². The van der Waals surface area contributed by atoms with Crippen LogP contribution < -0.4 is 0 Å². The van der Waals surface area contributed by atoms with Gasteiger partial charge in [0.1, 0.15) is 5.92 Å². The topological polar surface area (TPSA) is 40.9 Å². The Balaban J connectivity index is 2.48. The van der Waals surface area contributed by atoms with Gasteiger partial charge in [-0.3, -0.25) is 4.79 Å². The highest BCUT2D eigenvalue weighted by Gasteiger charge is 2.25. The molecule has 0 radical (unpaired) electrons. The van der Waals surface area contributed by atoms with Crippen LogP contribution in [0.2, 0.25) is 5.02 Å². The quantitative estimate of drug-likeness (QED) is 0.740. The van der Waals surface area contributed by atoms with E-state index in [4.69, 9.17) is 11.6 Å². The first-order valence-corrected chi connectivity index (χ1v) is 7.16. The Hall–Kier alpha value is -1.63. The van der Waals surface area contributed by atoms with Crippen molar-refractivity contribution in [3.63, 3.8) is 0 Å². The number of nitriles is 1. The summed E-state index contributed by atoms with van der Waals surface area (Å²) in [6.45, 7) is 1.88. The summed E-state index contributed by atoms with van der Waals surface area (Å²) in [7, 11) is 0. The van der Waals surface area contributed by atoms with Crippen LogP contribution in [0.25, 0.3) is 0 Å². The van der Waals surface area contributed by atoms with Crippen LogP contribution in [0.5, 0.6) is 0 Å². The first-order chi connectivity index (χ1) is 9.54. The molecule has 100 valence electrons. The van der Waals surface area contributed by atoms with Crippen molar-refractivity contribution in [2.45, 2.75) is 12.8 Å². The van der Waals surface area contributed by atoms with E-state index in [0.29, 0.717) is 10.6 Å². The molecule has 0 aliphatic rings. The molecule has 0 aliphatic heterocycles. The molecule has 0 saturated heterocycles. The Labute approximate surface area is 131 Å². The van der Waals surface area contributed by atoms with Crippen LogP contribution in [0.4, 0.5) is 0 Å². The highest BCUT2D eigenvalue weighted by Crippen LogP contribution is 2.28. The van der Waals surface area contributed by atoms with E-state index in [9.17, 15) is 10.1 Å². The van der Waals surface area contributed by atoms with Gasteiger partial charge >= 0.3 is 0 Å². The summed E-state index contributed by atoms with van der Waals surface area (Å²) >= 11 is 9.38. The average Bonchev–Trinajstić information content (AvgIpc) is 2.44. The number of hydrogen-bond donors (Lipinski definition) is 0. The summed E-state index contributed by atoms with van der Waals surface area (Å²) in [5.74, 6) is -1.13. The van der Waals surface area contributed by atoms with E-state index in [2.05, 4.69) is 22.0 Å². The van der Waals surface area contributed by atoms with Crippen molar-refractivity contribution < 1.29 is 4.79 Å². The smallest absolute Gasteiger partial charge is 0.185 e. The molecule has 20 heavy (non-hydrogen) atoms. The highest BCUT2D eigenvalue weighted by molar-refractivity contribution is 9.10. The number of halogens is 2. The van der Waals surface area contributed by atoms with Gasteiger partial charge in [0.15, 0.2) is 5.78 Å². The largest absolute Gasteiger partial charge is 0.292 e. The molecular formula is C16H11BrClNO. The zero-order valence-electron chi connectivity index (χ0n) is 10.7. The maximum Gasteiger partial charge on any atom is 0.185 e. The third-order valence-electron chi connectivity index (χ3n) is 3.08. The third kappa shape index (κ3) is 2.92. The van der Waals surface area contributed by atoms with E-state index in [1.54, 1.807) is 24.3 Å². The molecular weight excluding hydrogens is 338 g/mol. The van der Waals surface area contributed by atoms with Crippen LogP contribution in [-0.4, -0.2) is 5.78 Å². The zero-order chi connectivity index (χ0) is 14.7. The molecule has 2 aromatic carbocycles. The molecule has 0 spiro atoms. The van der Waals surface area contributed by atoms with Crippen LogP contribution in [0.1, 0.15) is 27.4 Å². The number of nitrogens with zero attached hydrogens (tertiary/aromatic N) is 1. The predicted octanol–water partition coefficient (Wildman–Crippen LogP) is 4.90. The van der Waals surface area contributed by atoms with Gasteiger partial charge < -0.3 is 0 Å². The van der Waals surface area contributed by atoms with Gasteiger partial charge in [0.25, 0.3) is 0 Å². The van der Waals surface area contributed by atoms with Crippen molar-refractivity contribution in [2.75, 3.05) is 0 Å². The second-order valence-corrected chi connectivity index (χ2v) is 5.73. The lowest BCUT2D eigenvalue weighted by molar-refractivity contribution is 0.0978. The molecule has 0 heterocycles. The maximum atomic E-state index is 12.6. The van der Waals surface area contributed by atoms with E-state index in [-0.39, 0.29) is 5.78 Å². The van der Waals surface area contributed by atoms with Gasteiger partial charge in [-0.1, -0.05) is 51.8 Å². The minimum atomic E-state index is -0.844. The Morgan fingerprint density at radius 1 is 1.30 bits per heavy atom. The molecule has 1 unspecified atom stereocenters. The fraction of sp³-hybridized carbons (Fsp3) is 0.125. The van der Waals surface area contributed by atoms with Crippen molar-refractivity contribution in [3.8, 4) is 6.07 Å². The van der Waals surface area contributed by atoms with Gasteiger partial charge in [-0.2, -0.15) is 5.26 Å². The summed E-state index contributed by atoms with van der Waals surface area (Å²) in [6.07, 6.45) is 0. The first kappa shape index (κ1) is 14.8. The summed E-state index contributed by atoms with van der Waals surface area (Å²) in [5.41, 5.74) is 1.99. The van der Waals surface area contributed by atoms with Gasteiger partial charge in [-0.25, -0.2) is 0 Å². The molecule has 0 saturated carbocycles. The number of benzene rings is 2. The summed E-state index contributed by atoms with van der Waals surface area (Å²) in [4.78, 5) is 12.6. The minimum Gasteiger partial charge on any atom is -0.292 e. The minimum absolute atomic E-state index is 0.284. The molecule has 4 heteroatoms. The van der Waals surface area contributed by atoms with E-state index in [1.165, 1.54) is 0 Å². The standard InChI is InChI=1S/C16H11BrClNO/c1-10-4-2-3-5-12(10)14(9-19)16(20)13-8-11(17)6-7-15(13)18/h2-8,14H,1H3. The van der Waals surface area contributed by atoms with E-state index in [1.807, 2.05) is 25.1 Å². The molecule has 0 bridgehead atoms. The number of rotatable bonds is 3. The van der Waals surface area contributed by atoms with Gasteiger partial charge in [-0.05, 0) is 36.2 Å². The lowest BCUT2D eigenvalue weighted by Gasteiger charge is -2.12. The highest BCUT2D eigenvalue weighted by atomic mass is 79.9.